The van der Waals surface area contributed by atoms with Crippen LogP contribution < -0.4 is 5.73 Å². The van der Waals surface area contributed by atoms with Gasteiger partial charge in [0.05, 0.1) is 13.2 Å². The summed E-state index contributed by atoms with van der Waals surface area (Å²) in [4.78, 5) is 34.8. The lowest BCUT2D eigenvalue weighted by Gasteiger charge is -2.19. The molecule has 3 N–H and O–H groups in total. The minimum Gasteiger partial charge on any atom is -0.462 e. The molecule has 0 heterocycles. The molecule has 298 valence electrons. The van der Waals surface area contributed by atoms with Crippen molar-refractivity contribution in [3.8, 4) is 0 Å². The van der Waals surface area contributed by atoms with E-state index in [-0.39, 0.29) is 32.6 Å². The van der Waals surface area contributed by atoms with Gasteiger partial charge in [-0.15, -0.1) is 0 Å². The van der Waals surface area contributed by atoms with Gasteiger partial charge in [-0.3, -0.25) is 18.6 Å². The molecule has 0 aliphatic carbocycles. The van der Waals surface area contributed by atoms with Crippen molar-refractivity contribution in [1.82, 2.24) is 0 Å². The van der Waals surface area contributed by atoms with Crippen molar-refractivity contribution in [2.75, 3.05) is 26.4 Å². The normalized spacial score (nSPS) is 13.7. The number of hydrogen-bond acceptors (Lipinski definition) is 8. The van der Waals surface area contributed by atoms with Crippen molar-refractivity contribution in [3.05, 3.63) is 36.5 Å². The quantitative estimate of drug-likeness (QED) is 0.0274. The number of unbranched alkanes of at least 4 members (excludes halogenated alkanes) is 19. The standard InChI is InChI=1S/C41H76NO8P/c1-3-5-7-9-11-13-15-17-18-19-20-22-24-26-28-30-32-34-41(44)50-39(38-49-51(45,46)48-36-35-42)37-47-40(43)33-31-29-27-25-23-21-16-14-12-10-8-6-4-2/h11,13-14,16-18,39H,3-10,12,15,19-38,42H2,1-2H3,(H,45,46)/b13-11-,16-14-,18-17-. The fraction of sp³-hybridized carbons (Fsp3) is 0.805. The number of ether oxygens (including phenoxy) is 2. The van der Waals surface area contributed by atoms with Crippen LogP contribution in [0.25, 0.3) is 0 Å². The molecule has 0 fully saturated rings. The number of esters is 2. The van der Waals surface area contributed by atoms with E-state index in [1.807, 2.05) is 0 Å². The van der Waals surface area contributed by atoms with Crippen LogP contribution in [0.5, 0.6) is 0 Å². The SMILES string of the molecule is CCCCC/C=C\C/C=C\CCCCCCCCCC(=O)OC(COC(=O)CCCCCCC/C=C\CCCCCC)COP(=O)(O)OCCN. The summed E-state index contributed by atoms with van der Waals surface area (Å²) >= 11 is 0. The second-order valence-electron chi connectivity index (χ2n) is 13.5. The number of carbonyl (C=O) groups excluding carboxylic acids is 2. The van der Waals surface area contributed by atoms with E-state index >= 15 is 0 Å². The van der Waals surface area contributed by atoms with Crippen LogP contribution in [0.2, 0.25) is 0 Å². The average molecular weight is 742 g/mol. The maximum Gasteiger partial charge on any atom is 0.472 e. The summed E-state index contributed by atoms with van der Waals surface area (Å²) < 4.78 is 32.7. The molecular weight excluding hydrogens is 665 g/mol. The van der Waals surface area contributed by atoms with Crippen molar-refractivity contribution in [1.29, 1.82) is 0 Å². The Morgan fingerprint density at radius 1 is 0.588 bits per heavy atom. The smallest absolute Gasteiger partial charge is 0.462 e. The molecule has 0 aliphatic heterocycles. The van der Waals surface area contributed by atoms with E-state index < -0.39 is 32.5 Å². The Bertz CT molecular complexity index is 939. The van der Waals surface area contributed by atoms with Crippen molar-refractivity contribution in [3.63, 3.8) is 0 Å². The van der Waals surface area contributed by atoms with Crippen LogP contribution in [0.1, 0.15) is 181 Å². The Kier molecular flexibility index (Phi) is 36.7. The Hall–Kier alpha value is -1.77. The lowest BCUT2D eigenvalue weighted by molar-refractivity contribution is -0.161. The van der Waals surface area contributed by atoms with Crippen LogP contribution in [0.3, 0.4) is 0 Å². The molecule has 0 radical (unpaired) electrons. The number of phosphoric ester groups is 1. The summed E-state index contributed by atoms with van der Waals surface area (Å²) in [7, 11) is -4.38. The van der Waals surface area contributed by atoms with Crippen LogP contribution >= 0.6 is 7.82 Å². The highest BCUT2D eigenvalue weighted by Crippen LogP contribution is 2.43. The molecule has 0 spiro atoms. The highest BCUT2D eigenvalue weighted by atomic mass is 31.2. The molecule has 0 aliphatic rings. The van der Waals surface area contributed by atoms with Gasteiger partial charge in [0.1, 0.15) is 6.61 Å². The summed E-state index contributed by atoms with van der Waals surface area (Å²) in [5, 5.41) is 0. The Morgan fingerprint density at radius 2 is 1.02 bits per heavy atom. The van der Waals surface area contributed by atoms with E-state index in [4.69, 9.17) is 24.3 Å². The van der Waals surface area contributed by atoms with Gasteiger partial charge in [-0.05, 0) is 70.6 Å². The molecule has 0 aromatic heterocycles. The molecule has 0 aromatic carbocycles. The van der Waals surface area contributed by atoms with Gasteiger partial charge in [0.15, 0.2) is 6.10 Å². The summed E-state index contributed by atoms with van der Waals surface area (Å²) in [6.07, 6.45) is 40.2. The van der Waals surface area contributed by atoms with Crippen molar-refractivity contribution < 1.29 is 37.6 Å². The lowest BCUT2D eigenvalue weighted by Crippen LogP contribution is -2.29. The fourth-order valence-electron chi connectivity index (χ4n) is 5.42. The van der Waals surface area contributed by atoms with Gasteiger partial charge in [0.25, 0.3) is 0 Å². The number of nitrogens with two attached hydrogens (primary N) is 1. The van der Waals surface area contributed by atoms with Gasteiger partial charge in [0, 0.05) is 19.4 Å². The van der Waals surface area contributed by atoms with Crippen molar-refractivity contribution in [2.24, 2.45) is 5.73 Å². The molecule has 9 nitrogen and oxygen atoms in total. The molecule has 10 heteroatoms. The zero-order valence-electron chi connectivity index (χ0n) is 32.6. The van der Waals surface area contributed by atoms with Crippen LogP contribution in [-0.2, 0) is 32.7 Å². The predicted octanol–water partition coefficient (Wildman–Crippen LogP) is 11.4. The molecule has 2 unspecified atom stereocenters. The molecule has 51 heavy (non-hydrogen) atoms. The van der Waals surface area contributed by atoms with E-state index in [1.54, 1.807) is 0 Å². The third kappa shape index (κ3) is 37.8. The van der Waals surface area contributed by atoms with Gasteiger partial charge >= 0.3 is 19.8 Å². The molecule has 0 saturated heterocycles. The van der Waals surface area contributed by atoms with Gasteiger partial charge in [-0.1, -0.05) is 134 Å². The predicted molar refractivity (Wildman–Crippen MR) is 210 cm³/mol. The monoisotopic (exact) mass is 742 g/mol. The minimum absolute atomic E-state index is 0.0505. The zero-order chi connectivity index (χ0) is 37.5. The molecular formula is C41H76NO8P. The zero-order valence-corrected chi connectivity index (χ0v) is 33.5. The van der Waals surface area contributed by atoms with Crippen LogP contribution in [0.15, 0.2) is 36.5 Å². The number of hydrogen-bond donors (Lipinski definition) is 2. The number of phosphoric acid groups is 1. The van der Waals surface area contributed by atoms with E-state index in [9.17, 15) is 19.0 Å². The Labute approximate surface area is 312 Å². The van der Waals surface area contributed by atoms with Crippen LogP contribution in [-0.4, -0.2) is 49.3 Å². The van der Waals surface area contributed by atoms with Gasteiger partial charge in [0.2, 0.25) is 0 Å². The van der Waals surface area contributed by atoms with E-state index in [0.717, 1.165) is 70.6 Å². The fourth-order valence-corrected chi connectivity index (χ4v) is 6.19. The van der Waals surface area contributed by atoms with E-state index in [2.05, 4.69) is 50.3 Å². The van der Waals surface area contributed by atoms with Crippen molar-refractivity contribution in [2.45, 2.75) is 187 Å². The first-order chi connectivity index (χ1) is 24.8. The summed E-state index contributed by atoms with van der Waals surface area (Å²) in [5.74, 6) is -0.848. The summed E-state index contributed by atoms with van der Waals surface area (Å²) in [5.41, 5.74) is 5.34. The van der Waals surface area contributed by atoms with Crippen molar-refractivity contribution >= 4 is 19.8 Å². The first-order valence-corrected chi connectivity index (χ1v) is 22.0. The molecule has 0 amide bonds. The van der Waals surface area contributed by atoms with Crippen LogP contribution in [0.4, 0.5) is 0 Å². The first kappa shape index (κ1) is 49.2. The molecule has 0 aromatic rings. The second kappa shape index (κ2) is 38.0. The minimum atomic E-state index is -4.38. The third-order valence-electron chi connectivity index (χ3n) is 8.50. The summed E-state index contributed by atoms with van der Waals surface area (Å²) in [6, 6.07) is 0. The highest BCUT2D eigenvalue weighted by Gasteiger charge is 2.26. The topological polar surface area (TPSA) is 134 Å². The molecule has 0 bridgehead atoms. The number of allylic oxidation sites excluding steroid dienone is 6. The molecule has 2 atom stereocenters. The number of rotatable bonds is 38. The first-order valence-electron chi connectivity index (χ1n) is 20.5. The van der Waals surface area contributed by atoms with Crippen LogP contribution in [0, 0.1) is 0 Å². The number of carbonyl (C=O) groups is 2. The second-order valence-corrected chi connectivity index (χ2v) is 14.9. The Balaban J connectivity index is 4.21. The Morgan fingerprint density at radius 3 is 1.55 bits per heavy atom. The third-order valence-corrected chi connectivity index (χ3v) is 9.48. The average Bonchev–Trinajstić information content (AvgIpc) is 3.11. The van der Waals surface area contributed by atoms with Gasteiger partial charge in [-0.25, -0.2) is 4.57 Å². The van der Waals surface area contributed by atoms with E-state index in [0.29, 0.717) is 6.42 Å². The summed E-state index contributed by atoms with van der Waals surface area (Å²) in [6.45, 7) is 3.67. The molecule has 0 saturated carbocycles. The van der Waals surface area contributed by atoms with Gasteiger partial charge < -0.3 is 20.1 Å². The lowest BCUT2D eigenvalue weighted by atomic mass is 10.1. The molecule has 0 rings (SSSR count). The highest BCUT2D eigenvalue weighted by molar-refractivity contribution is 7.47. The maximum absolute atomic E-state index is 12.6. The van der Waals surface area contributed by atoms with Gasteiger partial charge in [-0.2, -0.15) is 0 Å². The maximum atomic E-state index is 12.6. The largest absolute Gasteiger partial charge is 0.472 e. The van der Waals surface area contributed by atoms with E-state index in [1.165, 1.54) is 77.0 Å².